The highest BCUT2D eigenvalue weighted by molar-refractivity contribution is 5.81. The van der Waals surface area contributed by atoms with Gasteiger partial charge in [0.25, 0.3) is 0 Å². The van der Waals surface area contributed by atoms with Crippen molar-refractivity contribution in [3.63, 3.8) is 0 Å². The summed E-state index contributed by atoms with van der Waals surface area (Å²) in [7, 11) is 0. The maximum atomic E-state index is 12.2. The normalized spacial score (nSPS) is 24.7. The smallest absolute Gasteiger partial charge is 0.408 e. The summed E-state index contributed by atoms with van der Waals surface area (Å²) in [6.45, 7) is 8.31. The number of fused-ring (bicyclic) bond motifs is 1. The molecule has 1 saturated heterocycles. The minimum absolute atomic E-state index is 0.170. The topological polar surface area (TPSA) is 150 Å². The number of rotatable bonds is 5. The molecule has 2 aromatic rings. The van der Waals surface area contributed by atoms with Crippen LogP contribution in [0.5, 0.6) is 0 Å². The minimum Gasteiger partial charge on any atom is -0.461 e. The van der Waals surface area contributed by atoms with Crippen molar-refractivity contribution in [1.82, 2.24) is 19.9 Å². The van der Waals surface area contributed by atoms with Crippen molar-refractivity contribution < 1.29 is 28.9 Å². The SMILES string of the molecule is C[C@H](NC(=O)OC(C)(C)C)C(=O)OC[C@H]1O[C@@](C)(c2ccc3c(N)ncnn23)C[C@@H]1O. The van der Waals surface area contributed by atoms with Crippen molar-refractivity contribution >= 4 is 23.4 Å². The van der Waals surface area contributed by atoms with Gasteiger partial charge in [0, 0.05) is 6.42 Å². The number of carbonyl (C=O) groups is 2. The predicted octanol–water partition coefficient (Wildman–Crippen LogP) is 1.13. The van der Waals surface area contributed by atoms with E-state index in [-0.39, 0.29) is 13.0 Å². The number of aliphatic hydroxyl groups is 1. The molecule has 0 radical (unpaired) electrons. The highest BCUT2D eigenvalue weighted by Crippen LogP contribution is 2.40. The molecule has 4 N–H and O–H groups in total. The third kappa shape index (κ3) is 5.05. The zero-order valence-electron chi connectivity index (χ0n) is 18.3. The third-order valence-corrected chi connectivity index (χ3v) is 4.94. The first-order valence-electron chi connectivity index (χ1n) is 10.0. The molecule has 0 aliphatic carbocycles. The van der Waals surface area contributed by atoms with Crippen LogP contribution in [-0.4, -0.2) is 62.2 Å². The largest absolute Gasteiger partial charge is 0.461 e. The van der Waals surface area contributed by atoms with Gasteiger partial charge >= 0.3 is 12.1 Å². The van der Waals surface area contributed by atoms with Gasteiger partial charge in [-0.1, -0.05) is 0 Å². The Labute approximate surface area is 179 Å². The lowest BCUT2D eigenvalue weighted by Gasteiger charge is -2.24. The molecule has 1 amide bonds. The van der Waals surface area contributed by atoms with Gasteiger partial charge in [0.1, 0.15) is 41.8 Å². The van der Waals surface area contributed by atoms with Crippen LogP contribution in [0, 0.1) is 0 Å². The Morgan fingerprint density at radius 3 is 2.84 bits per heavy atom. The zero-order valence-corrected chi connectivity index (χ0v) is 18.3. The van der Waals surface area contributed by atoms with Crippen molar-refractivity contribution in [3.8, 4) is 0 Å². The van der Waals surface area contributed by atoms with E-state index in [2.05, 4.69) is 15.4 Å². The summed E-state index contributed by atoms with van der Waals surface area (Å²) in [6.07, 6.45) is -0.706. The van der Waals surface area contributed by atoms with Gasteiger partial charge in [-0.25, -0.2) is 19.1 Å². The lowest BCUT2D eigenvalue weighted by molar-refractivity contribution is -0.153. The number of amides is 1. The molecule has 3 heterocycles. The molecule has 11 heteroatoms. The summed E-state index contributed by atoms with van der Waals surface area (Å²) in [4.78, 5) is 28.0. The van der Waals surface area contributed by atoms with E-state index in [9.17, 15) is 14.7 Å². The summed E-state index contributed by atoms with van der Waals surface area (Å²) in [5.74, 6) is -0.329. The van der Waals surface area contributed by atoms with Gasteiger partial charge in [0.05, 0.1) is 11.8 Å². The lowest BCUT2D eigenvalue weighted by Crippen LogP contribution is -2.43. The number of hydrogen-bond donors (Lipinski definition) is 3. The van der Waals surface area contributed by atoms with E-state index in [4.69, 9.17) is 19.9 Å². The quantitative estimate of drug-likeness (QED) is 0.587. The summed E-state index contributed by atoms with van der Waals surface area (Å²) in [6, 6.07) is 2.67. The molecule has 0 saturated carbocycles. The van der Waals surface area contributed by atoms with Crippen LogP contribution in [0.25, 0.3) is 5.52 Å². The van der Waals surface area contributed by atoms with E-state index in [1.54, 1.807) is 31.4 Å². The molecule has 0 bridgehead atoms. The second-order valence-electron chi connectivity index (χ2n) is 8.82. The summed E-state index contributed by atoms with van der Waals surface area (Å²) < 4.78 is 18.1. The Hall–Kier alpha value is -2.92. The van der Waals surface area contributed by atoms with Gasteiger partial charge in [0.2, 0.25) is 0 Å². The molecule has 4 atom stereocenters. The number of nitrogens with one attached hydrogen (secondary N) is 1. The molecular formula is C20H29N5O6. The molecule has 3 rings (SSSR count). The van der Waals surface area contributed by atoms with E-state index in [0.29, 0.717) is 17.0 Å². The predicted molar refractivity (Wildman–Crippen MR) is 110 cm³/mol. The zero-order chi connectivity index (χ0) is 23.0. The number of aliphatic hydroxyl groups excluding tert-OH is 1. The second-order valence-corrected chi connectivity index (χ2v) is 8.82. The van der Waals surface area contributed by atoms with Crippen molar-refractivity contribution in [2.75, 3.05) is 12.3 Å². The number of nitrogen functional groups attached to an aromatic ring is 1. The van der Waals surface area contributed by atoms with Gasteiger partial charge in [0.15, 0.2) is 5.82 Å². The van der Waals surface area contributed by atoms with E-state index < -0.39 is 41.5 Å². The maximum Gasteiger partial charge on any atom is 0.408 e. The fourth-order valence-electron chi connectivity index (χ4n) is 3.49. The maximum absolute atomic E-state index is 12.2. The first kappa shape index (κ1) is 22.8. The van der Waals surface area contributed by atoms with Crippen molar-refractivity contribution in [3.05, 3.63) is 24.2 Å². The fourth-order valence-corrected chi connectivity index (χ4v) is 3.49. The summed E-state index contributed by atoms with van der Waals surface area (Å²) in [5, 5.41) is 17.1. The number of nitrogens with zero attached hydrogens (tertiary/aromatic N) is 3. The Morgan fingerprint density at radius 1 is 1.45 bits per heavy atom. The van der Waals surface area contributed by atoms with Crippen LogP contribution in [0.15, 0.2) is 18.5 Å². The van der Waals surface area contributed by atoms with Gasteiger partial charge in [-0.2, -0.15) is 5.10 Å². The molecule has 1 aliphatic heterocycles. The first-order chi connectivity index (χ1) is 14.4. The van der Waals surface area contributed by atoms with Gasteiger partial charge in [-0.3, -0.25) is 0 Å². The van der Waals surface area contributed by atoms with Crippen LogP contribution in [-0.2, 0) is 24.6 Å². The van der Waals surface area contributed by atoms with Gasteiger partial charge < -0.3 is 30.4 Å². The van der Waals surface area contributed by atoms with E-state index in [1.165, 1.54) is 13.3 Å². The molecule has 1 fully saturated rings. The summed E-state index contributed by atoms with van der Waals surface area (Å²) >= 11 is 0. The monoisotopic (exact) mass is 435 g/mol. The molecule has 1 aliphatic rings. The molecule has 170 valence electrons. The van der Waals surface area contributed by atoms with Crippen molar-refractivity contribution in [2.45, 2.75) is 70.5 Å². The number of ether oxygens (including phenoxy) is 3. The highest BCUT2D eigenvalue weighted by atomic mass is 16.6. The van der Waals surface area contributed by atoms with Gasteiger partial charge in [-0.05, 0) is 46.8 Å². The molecule has 0 unspecified atom stereocenters. The lowest BCUT2D eigenvalue weighted by atomic mass is 9.97. The number of hydrogen-bond acceptors (Lipinski definition) is 9. The van der Waals surface area contributed by atoms with E-state index >= 15 is 0 Å². The summed E-state index contributed by atoms with van der Waals surface area (Å²) in [5.41, 5.74) is 5.66. The number of nitrogens with two attached hydrogens (primary N) is 1. The Morgan fingerprint density at radius 2 is 2.16 bits per heavy atom. The number of aromatic nitrogens is 3. The highest BCUT2D eigenvalue weighted by Gasteiger charge is 2.46. The van der Waals surface area contributed by atoms with E-state index in [0.717, 1.165) is 0 Å². The van der Waals surface area contributed by atoms with Crippen molar-refractivity contribution in [2.24, 2.45) is 0 Å². The average Bonchev–Trinajstić information content (AvgIpc) is 3.20. The molecule has 31 heavy (non-hydrogen) atoms. The van der Waals surface area contributed by atoms with Crippen LogP contribution >= 0.6 is 0 Å². The van der Waals surface area contributed by atoms with Crippen molar-refractivity contribution in [1.29, 1.82) is 0 Å². The first-order valence-corrected chi connectivity index (χ1v) is 10.0. The second kappa shape index (κ2) is 8.31. The van der Waals surface area contributed by atoms with Crippen LogP contribution in [0.2, 0.25) is 0 Å². The van der Waals surface area contributed by atoms with E-state index in [1.807, 2.05) is 13.0 Å². The Bertz CT molecular complexity index is 971. The molecule has 0 aromatic carbocycles. The molecular weight excluding hydrogens is 406 g/mol. The molecule has 0 spiro atoms. The number of alkyl carbamates (subject to hydrolysis) is 1. The van der Waals surface area contributed by atoms with Crippen LogP contribution in [0.3, 0.4) is 0 Å². The Kier molecular flexibility index (Phi) is 6.10. The van der Waals surface area contributed by atoms with Gasteiger partial charge in [-0.15, -0.1) is 0 Å². The molecule has 11 nitrogen and oxygen atoms in total. The number of esters is 1. The molecule has 2 aromatic heterocycles. The van der Waals surface area contributed by atoms with Crippen LogP contribution in [0.4, 0.5) is 10.6 Å². The van der Waals surface area contributed by atoms with Crippen LogP contribution < -0.4 is 11.1 Å². The fraction of sp³-hybridized carbons (Fsp3) is 0.600. The van der Waals surface area contributed by atoms with Crippen LogP contribution in [0.1, 0.15) is 46.7 Å². The third-order valence-electron chi connectivity index (χ3n) is 4.94. The minimum atomic E-state index is -0.922. The standard InChI is InChI=1S/C20H29N5O6/c1-11(24-18(28)31-19(2,3)4)17(27)29-9-14-13(26)8-20(5,30-14)15-7-6-12-16(21)22-10-23-25(12)15/h6-7,10-11,13-14,26H,8-9H2,1-5H3,(H,24,28)(H2,21,22,23)/t11-,13-,14+,20+/m0/s1. The number of anilines is 1. The Balaban J connectivity index is 1.60. The number of carbonyl (C=O) groups excluding carboxylic acids is 2. The average molecular weight is 435 g/mol.